The van der Waals surface area contributed by atoms with E-state index in [0.29, 0.717) is 5.17 Å². The third-order valence-corrected chi connectivity index (χ3v) is 3.27. The van der Waals surface area contributed by atoms with E-state index in [-0.39, 0.29) is 11.7 Å². The van der Waals surface area contributed by atoms with E-state index >= 15 is 0 Å². The number of nitrogens with zero attached hydrogens (tertiary/aromatic N) is 2. The Balaban J connectivity index is 2.22. The van der Waals surface area contributed by atoms with E-state index in [0.717, 1.165) is 5.69 Å². The maximum atomic E-state index is 11.9. The maximum absolute atomic E-state index is 11.9. The normalized spacial score (nSPS) is 11.4. The first kappa shape index (κ1) is 13.4. The second-order valence-corrected chi connectivity index (χ2v) is 4.55. The van der Waals surface area contributed by atoms with Crippen molar-refractivity contribution in [1.29, 1.82) is 0 Å². The molecule has 2 aromatic rings. The fourth-order valence-corrected chi connectivity index (χ4v) is 2.12. The van der Waals surface area contributed by atoms with Gasteiger partial charge in [0.1, 0.15) is 0 Å². The average molecular weight is 274 g/mol. The zero-order chi connectivity index (χ0) is 13.7. The molecule has 5 heteroatoms. The Kier molecular flexibility index (Phi) is 4.41. The summed E-state index contributed by atoms with van der Waals surface area (Å²) in [5.41, 5.74) is 0.975. The topological polar surface area (TPSA) is 45.8 Å². The summed E-state index contributed by atoms with van der Waals surface area (Å²) in [4.78, 5) is 17.8. The quantitative estimate of drug-likeness (QED) is 0.623. The van der Waals surface area contributed by atoms with Crippen molar-refractivity contribution >= 4 is 28.5 Å². The van der Waals surface area contributed by atoms with Gasteiger partial charge in [-0.15, -0.1) is 0 Å². The van der Waals surface area contributed by atoms with Crippen molar-refractivity contribution in [3.05, 3.63) is 54.5 Å². The van der Waals surface area contributed by atoms with Crippen molar-refractivity contribution in [3.8, 4) is 0 Å². The highest BCUT2D eigenvalue weighted by atomic mass is 32.2. The van der Waals surface area contributed by atoms with E-state index in [2.05, 4.69) is 4.99 Å². The molecule has 0 aliphatic carbocycles. The summed E-state index contributed by atoms with van der Waals surface area (Å²) in [6, 6.07) is 13.0. The van der Waals surface area contributed by atoms with Gasteiger partial charge in [0.2, 0.25) is 0 Å². The first-order valence-corrected chi connectivity index (χ1v) is 6.94. The molecule has 0 radical (unpaired) electrons. The molecule has 0 spiro atoms. The number of para-hydroxylation sites is 1. The minimum Gasteiger partial charge on any atom is -0.459 e. The number of carbonyl (C=O) groups is 1. The monoisotopic (exact) mass is 274 g/mol. The van der Waals surface area contributed by atoms with Gasteiger partial charge < -0.3 is 9.32 Å². The molecule has 0 aliphatic rings. The highest BCUT2D eigenvalue weighted by Crippen LogP contribution is 2.16. The SMILES string of the molecule is CSC(=NC(=O)c1ccco1)N(C)c1ccccc1. The molecule has 0 N–H and O–H groups in total. The standard InChI is InChI=1S/C14H14N2O2S/c1-16(11-7-4-3-5-8-11)14(19-2)15-13(17)12-9-6-10-18-12/h3-10H,1-2H3. The second kappa shape index (κ2) is 6.24. The Morgan fingerprint density at radius 3 is 2.53 bits per heavy atom. The van der Waals surface area contributed by atoms with E-state index in [9.17, 15) is 4.79 Å². The predicted octanol–water partition coefficient (Wildman–Crippen LogP) is 3.28. The van der Waals surface area contributed by atoms with Crippen molar-refractivity contribution in [2.75, 3.05) is 18.2 Å². The molecular weight excluding hydrogens is 260 g/mol. The van der Waals surface area contributed by atoms with E-state index < -0.39 is 0 Å². The summed E-state index contributed by atoms with van der Waals surface area (Å²) in [6.45, 7) is 0. The number of carbonyl (C=O) groups excluding carboxylic acids is 1. The molecule has 0 bridgehead atoms. The number of hydrogen-bond donors (Lipinski definition) is 0. The number of aliphatic imine (C=N–C) groups is 1. The van der Waals surface area contributed by atoms with Crippen molar-refractivity contribution in [3.63, 3.8) is 0 Å². The Morgan fingerprint density at radius 2 is 1.95 bits per heavy atom. The van der Waals surface area contributed by atoms with E-state index in [1.807, 2.05) is 48.5 Å². The van der Waals surface area contributed by atoms with Crippen molar-refractivity contribution in [2.24, 2.45) is 4.99 Å². The Bertz CT molecular complexity index is 564. The van der Waals surface area contributed by atoms with Crippen LogP contribution in [0.1, 0.15) is 10.6 Å². The van der Waals surface area contributed by atoms with Crippen LogP contribution in [0.25, 0.3) is 0 Å². The van der Waals surface area contributed by atoms with Gasteiger partial charge in [0.25, 0.3) is 0 Å². The highest BCUT2D eigenvalue weighted by molar-refractivity contribution is 8.13. The molecule has 0 atom stereocenters. The molecule has 1 aromatic heterocycles. The number of thioether (sulfide) groups is 1. The lowest BCUT2D eigenvalue weighted by Gasteiger charge is -2.19. The highest BCUT2D eigenvalue weighted by Gasteiger charge is 2.12. The third kappa shape index (κ3) is 3.26. The number of hydrogen-bond acceptors (Lipinski definition) is 3. The van der Waals surface area contributed by atoms with Crippen LogP contribution in [0.15, 0.2) is 58.1 Å². The molecule has 1 aromatic carbocycles. The first-order chi connectivity index (χ1) is 9.22. The number of rotatable bonds is 2. The summed E-state index contributed by atoms with van der Waals surface area (Å²) in [5, 5.41) is 0.618. The molecule has 0 unspecified atom stereocenters. The summed E-state index contributed by atoms with van der Waals surface area (Å²) in [5.74, 6) is -0.134. The molecule has 0 saturated carbocycles. The molecule has 1 amide bonds. The van der Waals surface area contributed by atoms with Gasteiger partial charge in [-0.1, -0.05) is 30.0 Å². The van der Waals surface area contributed by atoms with Crippen molar-refractivity contribution in [1.82, 2.24) is 0 Å². The fraction of sp³-hybridized carbons (Fsp3) is 0.143. The molecule has 2 rings (SSSR count). The number of amides is 1. The van der Waals surface area contributed by atoms with E-state index in [4.69, 9.17) is 4.42 Å². The summed E-state index contributed by atoms with van der Waals surface area (Å²) in [6.07, 6.45) is 3.34. The molecule has 4 nitrogen and oxygen atoms in total. The average Bonchev–Trinajstić information content (AvgIpc) is 2.99. The molecule has 0 aliphatic heterocycles. The van der Waals surface area contributed by atoms with Gasteiger partial charge in [0.05, 0.1) is 6.26 Å². The fourth-order valence-electron chi connectivity index (χ4n) is 1.56. The zero-order valence-electron chi connectivity index (χ0n) is 10.7. The Hall–Kier alpha value is -2.01. The van der Waals surface area contributed by atoms with Gasteiger partial charge in [-0.3, -0.25) is 4.79 Å². The largest absolute Gasteiger partial charge is 0.459 e. The smallest absolute Gasteiger partial charge is 0.315 e. The second-order valence-electron chi connectivity index (χ2n) is 3.78. The number of anilines is 1. The molecule has 98 valence electrons. The molecule has 0 saturated heterocycles. The summed E-state index contributed by atoms with van der Waals surface area (Å²) < 4.78 is 5.04. The molecule has 0 fully saturated rings. The number of benzene rings is 1. The maximum Gasteiger partial charge on any atom is 0.315 e. The lowest BCUT2D eigenvalue weighted by atomic mass is 10.3. The van der Waals surface area contributed by atoms with Crippen LogP contribution in [0.3, 0.4) is 0 Å². The van der Waals surface area contributed by atoms with E-state index in [1.54, 1.807) is 12.1 Å². The third-order valence-electron chi connectivity index (χ3n) is 2.54. The summed E-state index contributed by atoms with van der Waals surface area (Å²) >= 11 is 1.41. The first-order valence-electron chi connectivity index (χ1n) is 5.71. The van der Waals surface area contributed by atoms with E-state index in [1.165, 1.54) is 18.0 Å². The Morgan fingerprint density at radius 1 is 1.21 bits per heavy atom. The van der Waals surface area contributed by atoms with Crippen LogP contribution >= 0.6 is 11.8 Å². The van der Waals surface area contributed by atoms with Crippen molar-refractivity contribution < 1.29 is 9.21 Å². The lowest BCUT2D eigenvalue weighted by Crippen LogP contribution is -2.24. The number of amidine groups is 1. The molecule has 1 heterocycles. The number of furan rings is 1. The van der Waals surface area contributed by atoms with Crippen LogP contribution in [-0.2, 0) is 0 Å². The van der Waals surface area contributed by atoms with Crippen LogP contribution in [0.5, 0.6) is 0 Å². The molecular formula is C14H14N2O2S. The van der Waals surface area contributed by atoms with Gasteiger partial charge in [0, 0.05) is 12.7 Å². The Labute approximate surface area is 116 Å². The van der Waals surface area contributed by atoms with Gasteiger partial charge in [-0.25, -0.2) is 0 Å². The predicted molar refractivity (Wildman–Crippen MR) is 78.8 cm³/mol. The van der Waals surface area contributed by atoms with Gasteiger partial charge in [-0.05, 0) is 30.5 Å². The summed E-state index contributed by atoms with van der Waals surface area (Å²) in [7, 11) is 1.88. The minimum atomic E-state index is -0.378. The van der Waals surface area contributed by atoms with Gasteiger partial charge in [-0.2, -0.15) is 4.99 Å². The minimum absolute atomic E-state index is 0.244. The van der Waals surface area contributed by atoms with Gasteiger partial charge in [0.15, 0.2) is 10.9 Å². The van der Waals surface area contributed by atoms with Crippen LogP contribution in [-0.4, -0.2) is 24.4 Å². The van der Waals surface area contributed by atoms with Crippen LogP contribution in [0, 0.1) is 0 Å². The lowest BCUT2D eigenvalue weighted by molar-refractivity contribution is 0.0977. The molecule has 19 heavy (non-hydrogen) atoms. The van der Waals surface area contributed by atoms with Crippen LogP contribution in [0.2, 0.25) is 0 Å². The zero-order valence-corrected chi connectivity index (χ0v) is 11.6. The van der Waals surface area contributed by atoms with Crippen molar-refractivity contribution in [2.45, 2.75) is 0 Å². The van der Waals surface area contributed by atoms with Gasteiger partial charge >= 0.3 is 5.91 Å². The van der Waals surface area contributed by atoms with Crippen LogP contribution < -0.4 is 4.90 Å². The van der Waals surface area contributed by atoms with Crippen LogP contribution in [0.4, 0.5) is 5.69 Å².